The summed E-state index contributed by atoms with van der Waals surface area (Å²) in [7, 11) is 0. The van der Waals surface area contributed by atoms with Crippen molar-refractivity contribution in [2.75, 3.05) is 18.6 Å². The van der Waals surface area contributed by atoms with Gasteiger partial charge in [0, 0.05) is 5.75 Å². The maximum absolute atomic E-state index is 11.3. The van der Waals surface area contributed by atoms with E-state index in [9.17, 15) is 4.79 Å². The van der Waals surface area contributed by atoms with Crippen LogP contribution in [0.2, 0.25) is 0 Å². The van der Waals surface area contributed by atoms with Crippen molar-refractivity contribution in [2.24, 2.45) is 4.99 Å². The first kappa shape index (κ1) is 9.92. The Labute approximate surface area is 80.8 Å². The lowest BCUT2D eigenvalue weighted by Gasteiger charge is -2.07. The third-order valence-electron chi connectivity index (χ3n) is 1.54. The minimum absolute atomic E-state index is 0.00824. The molecule has 1 aliphatic rings. The second-order valence-corrected chi connectivity index (χ2v) is 4.66. The highest BCUT2D eigenvalue weighted by Gasteiger charge is 2.15. The van der Waals surface area contributed by atoms with Crippen LogP contribution >= 0.6 is 23.5 Å². The molecular weight excluding hydrogens is 192 g/mol. The van der Waals surface area contributed by atoms with Crippen molar-refractivity contribution in [3.05, 3.63) is 0 Å². The maximum atomic E-state index is 11.3. The van der Waals surface area contributed by atoms with Crippen molar-refractivity contribution < 1.29 is 4.79 Å². The lowest BCUT2D eigenvalue weighted by molar-refractivity contribution is -0.118. The summed E-state index contributed by atoms with van der Waals surface area (Å²) in [6.07, 6.45) is 1.92. The van der Waals surface area contributed by atoms with E-state index < -0.39 is 0 Å². The lowest BCUT2D eigenvalue weighted by Crippen LogP contribution is -2.33. The summed E-state index contributed by atoms with van der Waals surface area (Å²) < 4.78 is 0. The number of aliphatic imine (C=N–C) groups is 1. The van der Waals surface area contributed by atoms with E-state index in [1.54, 1.807) is 11.8 Å². The van der Waals surface area contributed by atoms with Crippen LogP contribution < -0.4 is 5.32 Å². The Bertz CT molecular complexity index is 206. The molecule has 0 saturated heterocycles. The van der Waals surface area contributed by atoms with Crippen molar-refractivity contribution in [3.63, 3.8) is 0 Å². The van der Waals surface area contributed by atoms with Crippen LogP contribution in [0.5, 0.6) is 0 Å². The molecule has 1 aliphatic heterocycles. The molecule has 1 N–H and O–H groups in total. The van der Waals surface area contributed by atoms with Gasteiger partial charge in [0.25, 0.3) is 0 Å². The Morgan fingerprint density at radius 3 is 3.08 bits per heavy atom. The molecule has 1 amide bonds. The van der Waals surface area contributed by atoms with E-state index in [2.05, 4.69) is 10.3 Å². The highest BCUT2D eigenvalue weighted by Crippen LogP contribution is 2.11. The third-order valence-corrected chi connectivity index (χ3v) is 3.35. The average molecular weight is 204 g/mol. The Kier molecular flexibility index (Phi) is 3.94. The predicted octanol–water partition coefficient (Wildman–Crippen LogP) is 0.957. The molecule has 1 rings (SSSR count). The summed E-state index contributed by atoms with van der Waals surface area (Å²) in [5, 5.41) is 3.57. The van der Waals surface area contributed by atoms with Crippen LogP contribution in [-0.2, 0) is 4.79 Å². The number of hydrogen-bond acceptors (Lipinski definition) is 4. The van der Waals surface area contributed by atoms with Crippen molar-refractivity contribution in [2.45, 2.75) is 12.2 Å². The Morgan fingerprint density at radius 1 is 1.83 bits per heavy atom. The highest BCUT2D eigenvalue weighted by atomic mass is 32.2. The van der Waals surface area contributed by atoms with Gasteiger partial charge >= 0.3 is 0 Å². The number of amidine groups is 1. The lowest BCUT2D eigenvalue weighted by atomic mass is 10.4. The summed E-state index contributed by atoms with van der Waals surface area (Å²) in [6, 6.07) is 0. The van der Waals surface area contributed by atoms with Gasteiger partial charge in [0.2, 0.25) is 5.91 Å². The van der Waals surface area contributed by atoms with Gasteiger partial charge in [-0.3, -0.25) is 9.79 Å². The molecule has 0 spiro atoms. The van der Waals surface area contributed by atoms with Crippen molar-refractivity contribution in [1.82, 2.24) is 5.32 Å². The first-order chi connectivity index (χ1) is 5.74. The molecule has 12 heavy (non-hydrogen) atoms. The normalized spacial score (nSPS) is 18.7. The summed E-state index contributed by atoms with van der Waals surface area (Å²) in [4.78, 5) is 15.4. The van der Waals surface area contributed by atoms with Crippen molar-refractivity contribution >= 4 is 34.6 Å². The van der Waals surface area contributed by atoms with Crippen LogP contribution in [-0.4, -0.2) is 34.9 Å². The zero-order chi connectivity index (χ0) is 8.97. The fourth-order valence-electron chi connectivity index (χ4n) is 0.725. The fourth-order valence-corrected chi connectivity index (χ4v) is 1.73. The number of thioether (sulfide) groups is 2. The number of nitrogens with zero attached hydrogens (tertiary/aromatic N) is 1. The predicted molar refractivity (Wildman–Crippen MR) is 55.9 cm³/mol. The smallest absolute Gasteiger partial charge is 0.238 e. The molecule has 0 bridgehead atoms. The molecule has 0 saturated carbocycles. The van der Waals surface area contributed by atoms with Crippen LogP contribution in [0.4, 0.5) is 0 Å². The van der Waals surface area contributed by atoms with E-state index in [0.29, 0.717) is 0 Å². The maximum Gasteiger partial charge on any atom is 0.238 e. The van der Waals surface area contributed by atoms with Gasteiger partial charge in [-0.2, -0.15) is 11.8 Å². The highest BCUT2D eigenvalue weighted by molar-refractivity contribution is 8.14. The van der Waals surface area contributed by atoms with E-state index in [4.69, 9.17) is 0 Å². The van der Waals surface area contributed by atoms with E-state index in [1.165, 1.54) is 11.8 Å². The molecule has 68 valence electrons. The summed E-state index contributed by atoms with van der Waals surface area (Å²) in [5.74, 6) is 1.04. The largest absolute Gasteiger partial charge is 0.304 e. The third kappa shape index (κ3) is 2.71. The number of nitrogens with one attached hydrogen (secondary N) is 1. The quantitative estimate of drug-likeness (QED) is 0.728. The molecule has 0 aliphatic carbocycles. The van der Waals surface area contributed by atoms with E-state index in [-0.39, 0.29) is 11.2 Å². The summed E-state index contributed by atoms with van der Waals surface area (Å²) in [6.45, 7) is 2.72. The first-order valence-electron chi connectivity index (χ1n) is 3.75. The van der Waals surface area contributed by atoms with Gasteiger partial charge < -0.3 is 5.32 Å². The van der Waals surface area contributed by atoms with Crippen LogP contribution in [0.15, 0.2) is 4.99 Å². The summed E-state index contributed by atoms with van der Waals surface area (Å²) >= 11 is 3.15. The number of rotatable bonds is 2. The second kappa shape index (κ2) is 4.77. The molecule has 0 radical (unpaired) electrons. The molecule has 0 fully saturated rings. The Morgan fingerprint density at radius 2 is 2.58 bits per heavy atom. The van der Waals surface area contributed by atoms with Crippen LogP contribution in [0.25, 0.3) is 0 Å². The molecule has 5 heteroatoms. The number of carbonyl (C=O) groups excluding carboxylic acids is 1. The van der Waals surface area contributed by atoms with Gasteiger partial charge in [-0.05, 0) is 13.2 Å². The fraction of sp³-hybridized carbons (Fsp3) is 0.714. The monoisotopic (exact) mass is 204 g/mol. The molecule has 1 unspecified atom stereocenters. The average Bonchev–Trinajstić information content (AvgIpc) is 2.55. The van der Waals surface area contributed by atoms with Crippen molar-refractivity contribution in [3.8, 4) is 0 Å². The summed E-state index contributed by atoms with van der Waals surface area (Å²) in [5.41, 5.74) is 0. The molecule has 1 heterocycles. The zero-order valence-electron chi connectivity index (χ0n) is 7.16. The van der Waals surface area contributed by atoms with Gasteiger partial charge in [-0.1, -0.05) is 11.8 Å². The molecule has 0 aromatic carbocycles. The molecule has 3 nitrogen and oxygen atoms in total. The topological polar surface area (TPSA) is 41.5 Å². The van der Waals surface area contributed by atoms with E-state index >= 15 is 0 Å². The minimum atomic E-state index is 0.00824. The minimum Gasteiger partial charge on any atom is -0.304 e. The first-order valence-corrected chi connectivity index (χ1v) is 6.02. The van der Waals surface area contributed by atoms with Crippen molar-refractivity contribution in [1.29, 1.82) is 0 Å². The second-order valence-electron chi connectivity index (χ2n) is 2.40. The Hall–Kier alpha value is -0.160. The number of carbonyl (C=O) groups is 1. The standard InChI is InChI=1S/C7H12N2OS2/c1-5(11-2)6(10)9-7-8-3-4-12-7/h5H,3-4H2,1-2H3,(H,8,9,10). The number of hydrogen-bond donors (Lipinski definition) is 1. The van der Waals surface area contributed by atoms with E-state index in [1.807, 2.05) is 13.2 Å². The van der Waals surface area contributed by atoms with Gasteiger partial charge in [0.05, 0.1) is 11.8 Å². The molecule has 0 aromatic rings. The van der Waals surface area contributed by atoms with Crippen LogP contribution in [0.1, 0.15) is 6.92 Å². The SMILES string of the molecule is CSC(C)C(=O)NC1=NCCS1. The molecule has 0 aromatic heterocycles. The van der Waals surface area contributed by atoms with Gasteiger partial charge in [0.1, 0.15) is 0 Å². The van der Waals surface area contributed by atoms with Gasteiger partial charge in [0.15, 0.2) is 5.17 Å². The van der Waals surface area contributed by atoms with Crippen LogP contribution in [0, 0.1) is 0 Å². The zero-order valence-corrected chi connectivity index (χ0v) is 8.80. The molecular formula is C7H12N2OS2. The van der Waals surface area contributed by atoms with Gasteiger partial charge in [-0.25, -0.2) is 0 Å². The Balaban J connectivity index is 2.35. The van der Waals surface area contributed by atoms with E-state index in [0.717, 1.165) is 17.5 Å². The van der Waals surface area contributed by atoms with Crippen LogP contribution in [0.3, 0.4) is 0 Å². The van der Waals surface area contributed by atoms with Gasteiger partial charge in [-0.15, -0.1) is 0 Å². The number of amides is 1. The molecule has 1 atom stereocenters.